The van der Waals surface area contributed by atoms with Crippen molar-refractivity contribution in [1.82, 2.24) is 5.32 Å². The smallest absolute Gasteiger partial charge is 0.316 e. The molecule has 0 heterocycles. The molecule has 0 spiro atoms. The molecule has 7 heteroatoms. The van der Waals surface area contributed by atoms with Crippen LogP contribution in [0.15, 0.2) is 18.2 Å². The highest BCUT2D eigenvalue weighted by Gasteiger charge is 2.10. The second-order valence-corrected chi connectivity index (χ2v) is 7.20. The van der Waals surface area contributed by atoms with Crippen LogP contribution in [-0.4, -0.2) is 42.4 Å². The highest BCUT2D eigenvalue weighted by atomic mass is 32.2. The Balaban J connectivity index is 2.22. The molecule has 0 aromatic heterocycles. The van der Waals surface area contributed by atoms with Crippen molar-refractivity contribution in [2.24, 2.45) is 5.92 Å². The fraction of sp³-hybridized carbons (Fsp3) is 0.500. The molecule has 0 aliphatic carbocycles. The van der Waals surface area contributed by atoms with E-state index in [0.717, 1.165) is 28.6 Å². The van der Waals surface area contributed by atoms with Crippen LogP contribution in [-0.2, 0) is 19.1 Å². The molecule has 0 fully saturated rings. The number of aryl methyl sites for hydroxylation is 2. The third-order valence-electron chi connectivity index (χ3n) is 3.18. The van der Waals surface area contributed by atoms with Crippen molar-refractivity contribution in [1.29, 1.82) is 0 Å². The third kappa shape index (κ3) is 9.14. The molecule has 1 aromatic rings. The van der Waals surface area contributed by atoms with Crippen LogP contribution < -0.4 is 10.6 Å². The number of hydrogen-bond acceptors (Lipinski definition) is 5. The van der Waals surface area contributed by atoms with Gasteiger partial charge in [0.2, 0.25) is 5.91 Å². The third-order valence-corrected chi connectivity index (χ3v) is 4.09. The van der Waals surface area contributed by atoms with E-state index in [0.29, 0.717) is 12.5 Å². The van der Waals surface area contributed by atoms with Crippen LogP contribution in [0.25, 0.3) is 0 Å². The number of hydrogen-bond donors (Lipinski definition) is 2. The predicted molar refractivity (Wildman–Crippen MR) is 101 cm³/mol. The normalized spacial score (nSPS) is 10.4. The Morgan fingerprint density at radius 1 is 1.12 bits per heavy atom. The summed E-state index contributed by atoms with van der Waals surface area (Å²) in [6.45, 7) is 8.13. The van der Waals surface area contributed by atoms with E-state index >= 15 is 0 Å². The highest BCUT2D eigenvalue weighted by Crippen LogP contribution is 2.16. The van der Waals surface area contributed by atoms with Gasteiger partial charge in [0.1, 0.15) is 0 Å². The molecule has 138 valence electrons. The summed E-state index contributed by atoms with van der Waals surface area (Å²) in [7, 11) is 0. The Bertz CT molecular complexity index is 617. The van der Waals surface area contributed by atoms with Crippen LogP contribution >= 0.6 is 11.8 Å². The minimum atomic E-state index is -0.510. The molecule has 0 aliphatic rings. The van der Waals surface area contributed by atoms with Crippen molar-refractivity contribution in [3.8, 4) is 0 Å². The molecule has 0 unspecified atom stereocenters. The Morgan fingerprint density at radius 3 is 2.48 bits per heavy atom. The van der Waals surface area contributed by atoms with Crippen LogP contribution in [0.2, 0.25) is 0 Å². The van der Waals surface area contributed by atoms with Gasteiger partial charge in [-0.25, -0.2) is 0 Å². The number of benzene rings is 1. The molecule has 2 amide bonds. The number of amides is 2. The van der Waals surface area contributed by atoms with Gasteiger partial charge in [0.05, 0.1) is 11.5 Å². The van der Waals surface area contributed by atoms with Crippen molar-refractivity contribution in [3.63, 3.8) is 0 Å². The molecule has 0 radical (unpaired) electrons. The van der Waals surface area contributed by atoms with Crippen molar-refractivity contribution < 1.29 is 19.1 Å². The molecule has 0 bridgehead atoms. The van der Waals surface area contributed by atoms with E-state index in [9.17, 15) is 14.4 Å². The Kier molecular flexibility index (Phi) is 9.05. The SMILES string of the molecule is Cc1ccc(NC(=O)CSCC(=O)OCC(=O)NCC(C)C)c(C)c1. The van der Waals surface area contributed by atoms with E-state index in [1.807, 2.05) is 45.9 Å². The van der Waals surface area contributed by atoms with Gasteiger partial charge in [-0.05, 0) is 31.4 Å². The zero-order valence-corrected chi connectivity index (χ0v) is 16.0. The molecule has 1 aromatic carbocycles. The molecule has 1 rings (SSSR count). The van der Waals surface area contributed by atoms with Gasteiger partial charge in [-0.15, -0.1) is 11.8 Å². The summed E-state index contributed by atoms with van der Waals surface area (Å²) in [5, 5.41) is 5.47. The van der Waals surface area contributed by atoms with E-state index in [1.54, 1.807) is 0 Å². The molecule has 25 heavy (non-hydrogen) atoms. The highest BCUT2D eigenvalue weighted by molar-refractivity contribution is 8.00. The van der Waals surface area contributed by atoms with E-state index < -0.39 is 5.97 Å². The fourth-order valence-electron chi connectivity index (χ4n) is 1.92. The number of nitrogens with one attached hydrogen (secondary N) is 2. The van der Waals surface area contributed by atoms with Gasteiger partial charge in [0.15, 0.2) is 6.61 Å². The topological polar surface area (TPSA) is 84.5 Å². The lowest BCUT2D eigenvalue weighted by Crippen LogP contribution is -2.31. The summed E-state index contributed by atoms with van der Waals surface area (Å²) in [5.41, 5.74) is 2.89. The van der Waals surface area contributed by atoms with E-state index in [2.05, 4.69) is 10.6 Å². The van der Waals surface area contributed by atoms with Gasteiger partial charge >= 0.3 is 5.97 Å². The summed E-state index contributed by atoms with van der Waals surface area (Å²) in [4.78, 5) is 34.9. The van der Waals surface area contributed by atoms with Crippen LogP contribution in [0.5, 0.6) is 0 Å². The average Bonchev–Trinajstić information content (AvgIpc) is 2.53. The molecule has 6 nitrogen and oxygen atoms in total. The number of thioether (sulfide) groups is 1. The maximum absolute atomic E-state index is 11.9. The van der Waals surface area contributed by atoms with Crippen LogP contribution in [0.1, 0.15) is 25.0 Å². The lowest BCUT2D eigenvalue weighted by Gasteiger charge is -2.09. The molecule has 0 aliphatic heterocycles. The van der Waals surface area contributed by atoms with Gasteiger partial charge < -0.3 is 15.4 Å². The second-order valence-electron chi connectivity index (χ2n) is 6.22. The number of ether oxygens (including phenoxy) is 1. The van der Waals surface area contributed by atoms with Crippen molar-refractivity contribution in [2.45, 2.75) is 27.7 Å². The van der Waals surface area contributed by atoms with Crippen LogP contribution in [0, 0.1) is 19.8 Å². The number of anilines is 1. The fourth-order valence-corrected chi connectivity index (χ4v) is 2.53. The van der Waals surface area contributed by atoms with Crippen LogP contribution in [0.4, 0.5) is 5.69 Å². The van der Waals surface area contributed by atoms with Gasteiger partial charge in [-0.3, -0.25) is 14.4 Å². The van der Waals surface area contributed by atoms with Crippen molar-refractivity contribution >= 4 is 35.2 Å². The van der Waals surface area contributed by atoms with E-state index in [1.165, 1.54) is 0 Å². The van der Waals surface area contributed by atoms with Gasteiger partial charge in [-0.1, -0.05) is 31.5 Å². The minimum absolute atomic E-state index is 0.0256. The summed E-state index contributed by atoms with van der Waals surface area (Å²) in [6, 6.07) is 5.78. The first kappa shape index (κ1) is 21.0. The number of carbonyl (C=O) groups excluding carboxylic acids is 3. The quantitative estimate of drug-likeness (QED) is 0.655. The summed E-state index contributed by atoms with van der Waals surface area (Å²) in [5.74, 6) is -0.506. The monoisotopic (exact) mass is 366 g/mol. The minimum Gasteiger partial charge on any atom is -0.455 e. The Labute approximate surface area is 153 Å². The maximum atomic E-state index is 11.9. The first-order valence-electron chi connectivity index (χ1n) is 8.15. The Morgan fingerprint density at radius 2 is 1.84 bits per heavy atom. The predicted octanol–water partition coefficient (Wildman–Crippen LogP) is 2.29. The van der Waals surface area contributed by atoms with Crippen molar-refractivity contribution in [3.05, 3.63) is 29.3 Å². The molecular formula is C18H26N2O4S. The maximum Gasteiger partial charge on any atom is 0.316 e. The second kappa shape index (κ2) is 10.8. The summed E-state index contributed by atoms with van der Waals surface area (Å²) < 4.78 is 4.86. The summed E-state index contributed by atoms with van der Waals surface area (Å²) in [6.07, 6.45) is 0. The number of carbonyl (C=O) groups is 3. The molecule has 2 N–H and O–H groups in total. The lowest BCUT2D eigenvalue weighted by atomic mass is 10.1. The Hall–Kier alpha value is -2.02. The molecule has 0 atom stereocenters. The van der Waals surface area contributed by atoms with E-state index in [4.69, 9.17) is 4.74 Å². The first-order chi connectivity index (χ1) is 11.8. The number of rotatable bonds is 9. The van der Waals surface area contributed by atoms with Gasteiger partial charge in [-0.2, -0.15) is 0 Å². The molecule has 0 saturated heterocycles. The lowest BCUT2D eigenvalue weighted by molar-refractivity contribution is -0.145. The standard InChI is InChI=1S/C18H26N2O4S/c1-12(2)8-19-16(21)9-24-18(23)11-25-10-17(22)20-15-6-5-13(3)7-14(15)4/h5-7,12H,8-11H2,1-4H3,(H,19,21)(H,20,22). The molecule has 0 saturated carbocycles. The van der Waals surface area contributed by atoms with Crippen LogP contribution in [0.3, 0.4) is 0 Å². The average molecular weight is 366 g/mol. The first-order valence-corrected chi connectivity index (χ1v) is 9.30. The molecular weight excluding hydrogens is 340 g/mol. The van der Waals surface area contributed by atoms with Crippen molar-refractivity contribution in [2.75, 3.05) is 30.0 Å². The van der Waals surface area contributed by atoms with Gasteiger partial charge in [0, 0.05) is 12.2 Å². The van der Waals surface area contributed by atoms with Gasteiger partial charge in [0.25, 0.3) is 5.91 Å². The zero-order chi connectivity index (χ0) is 18.8. The number of esters is 1. The van der Waals surface area contributed by atoms with E-state index in [-0.39, 0.29) is 29.9 Å². The summed E-state index contributed by atoms with van der Waals surface area (Å²) >= 11 is 1.15. The largest absolute Gasteiger partial charge is 0.455 e. The zero-order valence-electron chi connectivity index (χ0n) is 15.2.